The van der Waals surface area contributed by atoms with Crippen molar-refractivity contribution in [1.29, 1.82) is 0 Å². The average molecular weight is 278 g/mol. The molecule has 4 nitrogen and oxygen atoms in total. The molecule has 4 N–H and O–H groups in total. The number of anilines is 3. The molecule has 2 rings (SSSR count). The van der Waals surface area contributed by atoms with Crippen LogP contribution >= 0.6 is 0 Å². The van der Waals surface area contributed by atoms with Gasteiger partial charge in [0.05, 0.1) is 22.6 Å². The number of nitrogens with one attached hydrogen (secondary N) is 1. The molecule has 0 bridgehead atoms. The van der Waals surface area contributed by atoms with E-state index in [4.69, 9.17) is 10.8 Å². The second-order valence-electron chi connectivity index (χ2n) is 4.33. The minimum Gasteiger partial charge on any atom is -0.478 e. The minimum atomic E-state index is -1.41. The SMILES string of the molecule is Cc1ccc(Nc2cc(F)c(C(=O)O)cc2N)c(F)c1. The Hall–Kier alpha value is -2.63. The molecule has 104 valence electrons. The molecule has 0 aliphatic rings. The van der Waals surface area contributed by atoms with Crippen LogP contribution in [0.4, 0.5) is 25.8 Å². The Bertz CT molecular complexity index is 687. The summed E-state index contributed by atoms with van der Waals surface area (Å²) < 4.78 is 27.3. The Labute approximate surface area is 113 Å². The van der Waals surface area contributed by atoms with Gasteiger partial charge in [-0.25, -0.2) is 13.6 Å². The van der Waals surface area contributed by atoms with Gasteiger partial charge in [0.2, 0.25) is 0 Å². The molecule has 0 radical (unpaired) electrons. The highest BCUT2D eigenvalue weighted by atomic mass is 19.1. The number of carboxylic acids is 1. The number of rotatable bonds is 3. The molecule has 20 heavy (non-hydrogen) atoms. The molecule has 0 heterocycles. The molecule has 0 amide bonds. The van der Waals surface area contributed by atoms with Crippen LogP contribution in [-0.2, 0) is 0 Å². The number of hydrogen-bond acceptors (Lipinski definition) is 3. The summed E-state index contributed by atoms with van der Waals surface area (Å²) in [6.45, 7) is 1.74. The van der Waals surface area contributed by atoms with Gasteiger partial charge in [0.1, 0.15) is 11.6 Å². The summed E-state index contributed by atoms with van der Waals surface area (Å²) in [6.07, 6.45) is 0. The van der Waals surface area contributed by atoms with Crippen molar-refractivity contribution in [2.24, 2.45) is 0 Å². The first-order valence-electron chi connectivity index (χ1n) is 5.74. The van der Waals surface area contributed by atoms with E-state index in [2.05, 4.69) is 5.32 Å². The number of halogens is 2. The summed E-state index contributed by atoms with van der Waals surface area (Å²) in [5, 5.41) is 11.4. The van der Waals surface area contributed by atoms with E-state index in [0.717, 1.165) is 17.7 Å². The second-order valence-corrected chi connectivity index (χ2v) is 4.33. The van der Waals surface area contributed by atoms with Crippen molar-refractivity contribution in [2.45, 2.75) is 6.92 Å². The Kier molecular flexibility index (Phi) is 3.56. The first-order valence-corrected chi connectivity index (χ1v) is 5.74. The van der Waals surface area contributed by atoms with Crippen LogP contribution in [0.15, 0.2) is 30.3 Å². The van der Waals surface area contributed by atoms with Gasteiger partial charge < -0.3 is 16.2 Å². The van der Waals surface area contributed by atoms with Gasteiger partial charge in [-0.2, -0.15) is 0 Å². The lowest BCUT2D eigenvalue weighted by molar-refractivity contribution is 0.0692. The van der Waals surface area contributed by atoms with E-state index < -0.39 is 23.2 Å². The molecule has 0 aliphatic heterocycles. The molecule has 0 saturated heterocycles. The number of aryl methyl sites for hydroxylation is 1. The zero-order chi connectivity index (χ0) is 14.9. The third kappa shape index (κ3) is 2.69. The number of aromatic carboxylic acids is 1. The van der Waals surface area contributed by atoms with E-state index in [1.165, 1.54) is 12.1 Å². The summed E-state index contributed by atoms with van der Waals surface area (Å²) in [6, 6.07) is 6.42. The van der Waals surface area contributed by atoms with Crippen molar-refractivity contribution in [3.05, 3.63) is 53.1 Å². The lowest BCUT2D eigenvalue weighted by Gasteiger charge is -2.12. The first-order chi connectivity index (χ1) is 9.38. The Balaban J connectivity index is 2.39. The lowest BCUT2D eigenvalue weighted by atomic mass is 10.1. The molecular formula is C14H12F2N2O2. The van der Waals surface area contributed by atoms with Crippen LogP contribution in [0, 0.1) is 18.6 Å². The number of nitrogen functional groups attached to an aromatic ring is 1. The molecule has 0 aromatic heterocycles. The average Bonchev–Trinajstić information content (AvgIpc) is 2.36. The van der Waals surface area contributed by atoms with Crippen molar-refractivity contribution < 1.29 is 18.7 Å². The van der Waals surface area contributed by atoms with Gasteiger partial charge in [0.25, 0.3) is 0 Å². The summed E-state index contributed by atoms with van der Waals surface area (Å²) in [4.78, 5) is 10.8. The Morgan fingerprint density at radius 3 is 2.45 bits per heavy atom. The number of benzene rings is 2. The molecular weight excluding hydrogens is 266 g/mol. The highest BCUT2D eigenvalue weighted by Crippen LogP contribution is 2.28. The van der Waals surface area contributed by atoms with Crippen LogP contribution in [0.2, 0.25) is 0 Å². The van der Waals surface area contributed by atoms with Crippen LogP contribution in [0.3, 0.4) is 0 Å². The molecule has 2 aromatic carbocycles. The molecule has 0 unspecified atom stereocenters. The van der Waals surface area contributed by atoms with Crippen molar-refractivity contribution in [3.63, 3.8) is 0 Å². The monoisotopic (exact) mass is 278 g/mol. The van der Waals surface area contributed by atoms with Gasteiger partial charge in [-0.05, 0) is 30.7 Å². The highest BCUT2D eigenvalue weighted by Gasteiger charge is 2.14. The van der Waals surface area contributed by atoms with Crippen LogP contribution < -0.4 is 11.1 Å². The zero-order valence-electron chi connectivity index (χ0n) is 10.6. The van der Waals surface area contributed by atoms with Crippen molar-refractivity contribution in [1.82, 2.24) is 0 Å². The summed E-state index contributed by atoms with van der Waals surface area (Å²) in [7, 11) is 0. The van der Waals surface area contributed by atoms with Gasteiger partial charge in [-0.15, -0.1) is 0 Å². The second kappa shape index (κ2) is 5.16. The molecule has 0 aliphatic carbocycles. The lowest BCUT2D eigenvalue weighted by Crippen LogP contribution is -2.05. The van der Waals surface area contributed by atoms with Gasteiger partial charge in [-0.1, -0.05) is 6.07 Å². The predicted octanol–water partition coefficient (Wildman–Crippen LogP) is 3.30. The van der Waals surface area contributed by atoms with E-state index in [0.29, 0.717) is 0 Å². The minimum absolute atomic E-state index is 0.0174. The third-order valence-electron chi connectivity index (χ3n) is 2.76. The number of carbonyl (C=O) groups is 1. The van der Waals surface area contributed by atoms with E-state index in [-0.39, 0.29) is 17.1 Å². The summed E-state index contributed by atoms with van der Waals surface area (Å²) in [5.74, 6) is -2.86. The molecule has 0 fully saturated rings. The van der Waals surface area contributed by atoms with Gasteiger partial charge in [0, 0.05) is 6.07 Å². The molecule has 0 spiro atoms. The van der Waals surface area contributed by atoms with Gasteiger partial charge in [0.15, 0.2) is 0 Å². The predicted molar refractivity (Wildman–Crippen MR) is 72.2 cm³/mol. The summed E-state index contributed by atoms with van der Waals surface area (Å²) in [5.41, 5.74) is 6.11. The van der Waals surface area contributed by atoms with Crippen molar-refractivity contribution in [3.8, 4) is 0 Å². The van der Waals surface area contributed by atoms with Crippen LogP contribution in [0.5, 0.6) is 0 Å². The van der Waals surface area contributed by atoms with Gasteiger partial charge >= 0.3 is 5.97 Å². The smallest absolute Gasteiger partial charge is 0.338 e. The van der Waals surface area contributed by atoms with E-state index >= 15 is 0 Å². The molecule has 2 aromatic rings. The number of hydrogen-bond donors (Lipinski definition) is 3. The Morgan fingerprint density at radius 2 is 1.85 bits per heavy atom. The standard InChI is InChI=1S/C14H12F2N2O2/c1-7-2-3-12(10(16)4-7)18-13-6-9(15)8(14(19)20)5-11(13)17/h2-6,18H,17H2,1H3,(H,19,20). The topological polar surface area (TPSA) is 75.3 Å². The first kappa shape index (κ1) is 13.8. The maximum absolute atomic E-state index is 13.7. The molecule has 0 atom stereocenters. The van der Waals surface area contributed by atoms with Crippen LogP contribution in [-0.4, -0.2) is 11.1 Å². The molecule has 6 heteroatoms. The highest BCUT2D eigenvalue weighted by molar-refractivity contribution is 5.91. The van der Waals surface area contributed by atoms with E-state index in [1.807, 2.05) is 0 Å². The third-order valence-corrected chi connectivity index (χ3v) is 2.76. The van der Waals surface area contributed by atoms with E-state index in [1.54, 1.807) is 13.0 Å². The zero-order valence-corrected chi connectivity index (χ0v) is 10.6. The van der Waals surface area contributed by atoms with Crippen molar-refractivity contribution in [2.75, 3.05) is 11.1 Å². The fourth-order valence-corrected chi connectivity index (χ4v) is 1.73. The molecule has 0 saturated carbocycles. The largest absolute Gasteiger partial charge is 0.478 e. The normalized spacial score (nSPS) is 10.3. The van der Waals surface area contributed by atoms with Gasteiger partial charge in [-0.3, -0.25) is 0 Å². The van der Waals surface area contributed by atoms with Crippen molar-refractivity contribution >= 4 is 23.0 Å². The fraction of sp³-hybridized carbons (Fsp3) is 0.0714. The summed E-state index contributed by atoms with van der Waals surface area (Å²) >= 11 is 0. The Morgan fingerprint density at radius 1 is 1.15 bits per heavy atom. The maximum Gasteiger partial charge on any atom is 0.338 e. The number of nitrogens with two attached hydrogens (primary N) is 1. The quantitative estimate of drug-likeness (QED) is 0.753. The fourth-order valence-electron chi connectivity index (χ4n) is 1.73. The number of carboxylic acid groups (broad SMARTS) is 1. The van der Waals surface area contributed by atoms with Crippen LogP contribution in [0.1, 0.15) is 15.9 Å². The van der Waals surface area contributed by atoms with E-state index in [9.17, 15) is 13.6 Å². The van der Waals surface area contributed by atoms with Crippen LogP contribution in [0.25, 0.3) is 0 Å². The maximum atomic E-state index is 13.7.